The molecule has 0 heterocycles. The molecule has 1 amide bonds. The van der Waals surface area contributed by atoms with Gasteiger partial charge in [-0.2, -0.15) is 0 Å². The molecule has 1 N–H and O–H groups in total. The van der Waals surface area contributed by atoms with Crippen LogP contribution in [0.5, 0.6) is 5.75 Å². The lowest BCUT2D eigenvalue weighted by Gasteiger charge is -2.17. The number of carbonyl (C=O) groups is 1. The van der Waals surface area contributed by atoms with Gasteiger partial charge in [0.05, 0.1) is 11.6 Å². The molecule has 2 rings (SSSR count). The zero-order chi connectivity index (χ0) is 17.4. The quantitative estimate of drug-likeness (QED) is 0.569. The van der Waals surface area contributed by atoms with E-state index in [2.05, 4.69) is 11.9 Å². The van der Waals surface area contributed by atoms with Crippen molar-refractivity contribution in [1.29, 1.82) is 0 Å². The smallest absolute Gasteiger partial charge is 0.252 e. The van der Waals surface area contributed by atoms with Crippen molar-refractivity contribution < 1.29 is 9.53 Å². The number of nitrogens with one attached hydrogen (secondary N) is 1. The minimum absolute atomic E-state index is 0.0805. The van der Waals surface area contributed by atoms with E-state index in [0.29, 0.717) is 12.2 Å². The van der Waals surface area contributed by atoms with Crippen molar-refractivity contribution in [2.45, 2.75) is 24.8 Å². The number of hydrogen-bond acceptors (Lipinski definition) is 3. The maximum atomic E-state index is 12.5. The molecule has 0 saturated heterocycles. The maximum Gasteiger partial charge on any atom is 0.252 e. The van der Waals surface area contributed by atoms with Crippen LogP contribution in [0.25, 0.3) is 0 Å². The summed E-state index contributed by atoms with van der Waals surface area (Å²) < 4.78 is 5.80. The largest absolute Gasteiger partial charge is 0.491 e. The summed E-state index contributed by atoms with van der Waals surface area (Å²) >= 11 is 1.60. The van der Waals surface area contributed by atoms with Gasteiger partial charge in [-0.15, -0.1) is 18.3 Å². The third kappa shape index (κ3) is 5.17. The Morgan fingerprint density at radius 3 is 2.71 bits per heavy atom. The van der Waals surface area contributed by atoms with Crippen LogP contribution in [0.2, 0.25) is 0 Å². The number of rotatable bonds is 8. The van der Waals surface area contributed by atoms with Crippen molar-refractivity contribution in [3.8, 4) is 5.75 Å². The summed E-state index contributed by atoms with van der Waals surface area (Å²) in [6.45, 7) is 8.10. The fourth-order valence-electron chi connectivity index (χ4n) is 2.21. The van der Waals surface area contributed by atoms with E-state index in [9.17, 15) is 4.79 Å². The predicted octanol–water partition coefficient (Wildman–Crippen LogP) is 4.47. The second-order valence-electron chi connectivity index (χ2n) is 5.55. The van der Waals surface area contributed by atoms with E-state index in [4.69, 9.17) is 4.74 Å². The van der Waals surface area contributed by atoms with Gasteiger partial charge in [-0.05, 0) is 37.6 Å². The number of thioether (sulfide) groups is 1. The Labute approximate surface area is 148 Å². The number of amides is 1. The van der Waals surface area contributed by atoms with E-state index in [1.54, 1.807) is 11.8 Å². The highest BCUT2D eigenvalue weighted by Crippen LogP contribution is 2.22. The number of benzene rings is 2. The lowest BCUT2D eigenvalue weighted by molar-refractivity contribution is 0.0923. The second kappa shape index (κ2) is 9.18. The summed E-state index contributed by atoms with van der Waals surface area (Å²) in [7, 11) is 0. The number of aryl methyl sites for hydroxylation is 1. The van der Waals surface area contributed by atoms with Gasteiger partial charge in [-0.1, -0.05) is 36.4 Å². The molecule has 2 aromatic rings. The highest BCUT2D eigenvalue weighted by atomic mass is 32.2. The van der Waals surface area contributed by atoms with Gasteiger partial charge in [0.15, 0.2) is 0 Å². The van der Waals surface area contributed by atoms with Gasteiger partial charge in [0.25, 0.3) is 5.91 Å². The van der Waals surface area contributed by atoms with E-state index in [0.717, 1.165) is 22.0 Å². The van der Waals surface area contributed by atoms with Crippen LogP contribution < -0.4 is 10.1 Å². The van der Waals surface area contributed by atoms with Gasteiger partial charge in [0.2, 0.25) is 0 Å². The van der Waals surface area contributed by atoms with Crippen molar-refractivity contribution in [2.24, 2.45) is 0 Å². The topological polar surface area (TPSA) is 38.3 Å². The van der Waals surface area contributed by atoms with Gasteiger partial charge >= 0.3 is 0 Å². The first-order valence-electron chi connectivity index (χ1n) is 7.94. The molecule has 0 bridgehead atoms. The Bertz CT molecular complexity index is 700. The Morgan fingerprint density at radius 2 is 1.96 bits per heavy atom. The molecule has 126 valence electrons. The van der Waals surface area contributed by atoms with Crippen LogP contribution in [0, 0.1) is 6.92 Å². The lowest BCUT2D eigenvalue weighted by Crippen LogP contribution is -2.37. The average molecular weight is 341 g/mol. The molecule has 0 aromatic heterocycles. The molecular weight excluding hydrogens is 318 g/mol. The fourth-order valence-corrected chi connectivity index (χ4v) is 2.99. The first-order chi connectivity index (χ1) is 11.6. The first kappa shape index (κ1) is 18.1. The van der Waals surface area contributed by atoms with Crippen LogP contribution in [-0.2, 0) is 0 Å². The third-order valence-electron chi connectivity index (χ3n) is 3.45. The normalized spacial score (nSPS) is 11.6. The molecule has 0 aliphatic heterocycles. The number of ether oxygens (including phenoxy) is 1. The Kier molecular flexibility index (Phi) is 6.94. The molecule has 24 heavy (non-hydrogen) atoms. The minimum Gasteiger partial charge on any atom is -0.491 e. The third-order valence-corrected chi connectivity index (χ3v) is 4.52. The monoisotopic (exact) mass is 341 g/mol. The van der Waals surface area contributed by atoms with E-state index in [1.807, 2.05) is 68.5 Å². The summed E-state index contributed by atoms with van der Waals surface area (Å²) in [5, 5.41) is 3.00. The molecule has 0 unspecified atom stereocenters. The van der Waals surface area contributed by atoms with E-state index < -0.39 is 0 Å². The van der Waals surface area contributed by atoms with Crippen molar-refractivity contribution in [3.63, 3.8) is 0 Å². The van der Waals surface area contributed by atoms with Gasteiger partial charge < -0.3 is 10.1 Å². The zero-order valence-electron chi connectivity index (χ0n) is 14.1. The number of carbonyl (C=O) groups excluding carboxylic acids is 1. The van der Waals surface area contributed by atoms with Crippen LogP contribution in [0.1, 0.15) is 22.8 Å². The second-order valence-corrected chi connectivity index (χ2v) is 6.61. The van der Waals surface area contributed by atoms with Crippen molar-refractivity contribution >= 4 is 17.7 Å². The van der Waals surface area contributed by atoms with Crippen LogP contribution in [0.4, 0.5) is 0 Å². The number of hydrogen-bond donors (Lipinski definition) is 1. The van der Waals surface area contributed by atoms with Crippen molar-refractivity contribution in [3.05, 3.63) is 72.3 Å². The van der Waals surface area contributed by atoms with Crippen molar-refractivity contribution in [2.75, 3.05) is 12.4 Å². The van der Waals surface area contributed by atoms with E-state index >= 15 is 0 Å². The van der Waals surface area contributed by atoms with Crippen LogP contribution in [0.15, 0.2) is 66.1 Å². The summed E-state index contributed by atoms with van der Waals surface area (Å²) in [6, 6.07) is 15.4. The van der Waals surface area contributed by atoms with Crippen LogP contribution in [-0.4, -0.2) is 24.3 Å². The molecule has 1 atom stereocenters. The van der Waals surface area contributed by atoms with Gasteiger partial charge in [-0.3, -0.25) is 4.79 Å². The lowest BCUT2D eigenvalue weighted by atomic mass is 10.2. The minimum atomic E-state index is -0.0884. The van der Waals surface area contributed by atoms with Crippen LogP contribution in [0.3, 0.4) is 0 Å². The Balaban J connectivity index is 1.94. The number of para-hydroxylation sites is 1. The Morgan fingerprint density at radius 1 is 1.25 bits per heavy atom. The summed E-state index contributed by atoms with van der Waals surface area (Å²) in [4.78, 5) is 13.5. The summed E-state index contributed by atoms with van der Waals surface area (Å²) in [5.74, 6) is 1.54. The standard InChI is InChI=1S/C20H23NO2S/c1-4-13-24-19-12-8-6-10-17(19)20(22)21-16(3)14-23-18-11-7-5-9-15(18)2/h4-12,16H,1,13-14H2,2-3H3,(H,21,22)/t16-/m0/s1. The van der Waals surface area contributed by atoms with E-state index in [1.165, 1.54) is 0 Å². The molecule has 0 spiro atoms. The SMILES string of the molecule is C=CCSc1ccccc1C(=O)N[C@@H](C)COc1ccccc1C. The molecule has 0 aliphatic carbocycles. The molecule has 4 heteroatoms. The molecule has 0 radical (unpaired) electrons. The average Bonchev–Trinajstić information content (AvgIpc) is 2.59. The zero-order valence-corrected chi connectivity index (χ0v) is 14.9. The highest BCUT2D eigenvalue weighted by Gasteiger charge is 2.14. The van der Waals surface area contributed by atoms with Gasteiger partial charge in [-0.25, -0.2) is 0 Å². The van der Waals surface area contributed by atoms with Crippen LogP contribution >= 0.6 is 11.8 Å². The predicted molar refractivity (Wildman–Crippen MR) is 101 cm³/mol. The van der Waals surface area contributed by atoms with Gasteiger partial charge in [0.1, 0.15) is 12.4 Å². The highest BCUT2D eigenvalue weighted by molar-refractivity contribution is 7.99. The Hall–Kier alpha value is -2.20. The van der Waals surface area contributed by atoms with Gasteiger partial charge in [0, 0.05) is 10.6 Å². The molecule has 0 aliphatic rings. The summed E-state index contributed by atoms with van der Waals surface area (Å²) in [6.07, 6.45) is 1.83. The maximum absolute atomic E-state index is 12.5. The first-order valence-corrected chi connectivity index (χ1v) is 8.92. The molecule has 0 saturated carbocycles. The molecular formula is C20H23NO2S. The molecule has 0 fully saturated rings. The van der Waals surface area contributed by atoms with Crippen molar-refractivity contribution in [1.82, 2.24) is 5.32 Å². The van der Waals surface area contributed by atoms with E-state index in [-0.39, 0.29) is 11.9 Å². The molecule has 2 aromatic carbocycles. The summed E-state index contributed by atoms with van der Waals surface area (Å²) in [5.41, 5.74) is 1.77. The fraction of sp³-hybridized carbons (Fsp3) is 0.250. The molecule has 3 nitrogen and oxygen atoms in total.